The maximum Gasteiger partial charge on any atom is 0.171 e. The van der Waals surface area contributed by atoms with Gasteiger partial charge in [0.15, 0.2) is 5.76 Å². The molecule has 0 N–H and O–H groups in total. The normalized spacial score (nSPS) is 11.6. The first-order chi connectivity index (χ1) is 8.85. The summed E-state index contributed by atoms with van der Waals surface area (Å²) in [5, 5.41) is 3.28. The molecule has 3 heteroatoms. The van der Waals surface area contributed by atoms with Crippen LogP contribution < -0.4 is 0 Å². The minimum Gasteiger partial charge on any atom is -0.453 e. The molecule has 1 aromatic heterocycles. The van der Waals surface area contributed by atoms with E-state index >= 15 is 0 Å². The SMILES string of the molecule is C=Nc1c(C=NC)oc2ccc3ccccc3c12. The molecule has 0 unspecified atom stereocenters. The molecule has 0 aliphatic carbocycles. The average Bonchev–Trinajstić information content (AvgIpc) is 2.77. The lowest BCUT2D eigenvalue weighted by molar-refractivity contribution is 0.609. The van der Waals surface area contributed by atoms with Gasteiger partial charge in [-0.1, -0.05) is 30.3 Å². The van der Waals surface area contributed by atoms with E-state index in [0.29, 0.717) is 5.76 Å². The summed E-state index contributed by atoms with van der Waals surface area (Å²) in [4.78, 5) is 8.08. The number of hydrogen-bond acceptors (Lipinski definition) is 3. The number of aliphatic imine (C=N–C) groups is 2. The van der Waals surface area contributed by atoms with E-state index in [9.17, 15) is 0 Å². The Bertz CT molecular complexity index is 769. The van der Waals surface area contributed by atoms with Gasteiger partial charge in [-0.15, -0.1) is 0 Å². The molecule has 2 aromatic carbocycles. The smallest absolute Gasteiger partial charge is 0.171 e. The maximum absolute atomic E-state index is 5.76. The molecular formula is C15H12N2O. The number of hydrogen-bond donors (Lipinski definition) is 0. The second-order valence-corrected chi connectivity index (χ2v) is 4.02. The van der Waals surface area contributed by atoms with Crippen LogP contribution in [0.25, 0.3) is 21.7 Å². The van der Waals surface area contributed by atoms with Crippen LogP contribution in [-0.2, 0) is 0 Å². The van der Waals surface area contributed by atoms with Crippen LogP contribution in [0.1, 0.15) is 5.76 Å². The van der Waals surface area contributed by atoms with Crippen molar-refractivity contribution in [1.82, 2.24) is 0 Å². The minimum absolute atomic E-state index is 0.652. The fourth-order valence-corrected chi connectivity index (χ4v) is 2.23. The maximum atomic E-state index is 5.76. The number of rotatable bonds is 2. The van der Waals surface area contributed by atoms with Gasteiger partial charge in [-0.25, -0.2) is 0 Å². The van der Waals surface area contributed by atoms with Crippen LogP contribution in [0.2, 0.25) is 0 Å². The van der Waals surface area contributed by atoms with Crippen molar-refractivity contribution in [2.75, 3.05) is 7.05 Å². The second-order valence-electron chi connectivity index (χ2n) is 4.02. The highest BCUT2D eigenvalue weighted by Crippen LogP contribution is 2.37. The predicted octanol–water partition coefficient (Wildman–Crippen LogP) is 3.97. The standard InChI is InChI=1S/C15H12N2O/c1-16-9-13-15(17-2)14-11-6-4-3-5-10(11)7-8-12(14)18-13/h3-9H,2H2,1H3. The number of furan rings is 1. The van der Waals surface area contributed by atoms with Crippen LogP contribution in [0.15, 0.2) is 50.8 Å². The van der Waals surface area contributed by atoms with E-state index < -0.39 is 0 Å². The molecule has 0 atom stereocenters. The molecule has 0 spiro atoms. The lowest BCUT2D eigenvalue weighted by atomic mass is 10.1. The van der Waals surface area contributed by atoms with Gasteiger partial charge in [0.05, 0.1) is 11.6 Å². The molecule has 1 heterocycles. The molecule has 0 aliphatic heterocycles. The first-order valence-corrected chi connectivity index (χ1v) is 5.68. The monoisotopic (exact) mass is 236 g/mol. The molecule has 0 fully saturated rings. The molecule has 3 aromatic rings. The quantitative estimate of drug-likeness (QED) is 0.620. The van der Waals surface area contributed by atoms with Gasteiger partial charge in [-0.05, 0) is 23.6 Å². The third kappa shape index (κ3) is 1.44. The summed E-state index contributed by atoms with van der Waals surface area (Å²) in [6.45, 7) is 3.63. The third-order valence-electron chi connectivity index (χ3n) is 2.99. The van der Waals surface area contributed by atoms with Gasteiger partial charge in [-0.2, -0.15) is 0 Å². The molecule has 88 valence electrons. The van der Waals surface area contributed by atoms with Gasteiger partial charge in [-0.3, -0.25) is 9.98 Å². The Balaban J connectivity index is 2.52. The van der Waals surface area contributed by atoms with E-state index in [2.05, 4.69) is 28.8 Å². The summed E-state index contributed by atoms with van der Waals surface area (Å²) in [6, 6.07) is 12.2. The van der Waals surface area contributed by atoms with Crippen molar-refractivity contribution < 1.29 is 4.42 Å². The first kappa shape index (κ1) is 10.7. The Labute approximate surface area is 104 Å². The van der Waals surface area contributed by atoms with E-state index in [4.69, 9.17) is 4.42 Å². The summed E-state index contributed by atoms with van der Waals surface area (Å²) in [7, 11) is 1.71. The van der Waals surface area contributed by atoms with E-state index in [1.807, 2.05) is 24.3 Å². The van der Waals surface area contributed by atoms with Gasteiger partial charge in [0.1, 0.15) is 11.3 Å². The molecular weight excluding hydrogens is 224 g/mol. The number of benzene rings is 2. The minimum atomic E-state index is 0.652. The summed E-state index contributed by atoms with van der Waals surface area (Å²) in [6.07, 6.45) is 1.67. The molecule has 0 saturated heterocycles. The average molecular weight is 236 g/mol. The fourth-order valence-electron chi connectivity index (χ4n) is 2.23. The van der Waals surface area contributed by atoms with Gasteiger partial charge in [0, 0.05) is 7.05 Å². The van der Waals surface area contributed by atoms with Gasteiger partial charge < -0.3 is 4.42 Å². The zero-order valence-corrected chi connectivity index (χ0v) is 10.1. The van der Waals surface area contributed by atoms with Gasteiger partial charge in [0.2, 0.25) is 0 Å². The molecule has 0 saturated carbocycles. The van der Waals surface area contributed by atoms with Crippen LogP contribution in [0, 0.1) is 0 Å². The molecule has 0 radical (unpaired) electrons. The zero-order chi connectivity index (χ0) is 12.5. The van der Waals surface area contributed by atoms with Crippen LogP contribution in [0.5, 0.6) is 0 Å². The summed E-state index contributed by atoms with van der Waals surface area (Å²) < 4.78 is 5.76. The van der Waals surface area contributed by atoms with Crippen molar-refractivity contribution in [3.63, 3.8) is 0 Å². The molecule has 3 nitrogen and oxygen atoms in total. The summed E-state index contributed by atoms with van der Waals surface area (Å²) in [5.74, 6) is 0.652. The molecule has 18 heavy (non-hydrogen) atoms. The van der Waals surface area contributed by atoms with Crippen molar-refractivity contribution in [2.24, 2.45) is 9.98 Å². The van der Waals surface area contributed by atoms with E-state index in [0.717, 1.165) is 27.4 Å². The Morgan fingerprint density at radius 3 is 2.78 bits per heavy atom. The van der Waals surface area contributed by atoms with Gasteiger partial charge >= 0.3 is 0 Å². The molecule has 0 aliphatic rings. The van der Waals surface area contributed by atoms with Crippen LogP contribution in [0.4, 0.5) is 5.69 Å². The van der Waals surface area contributed by atoms with Crippen LogP contribution in [0.3, 0.4) is 0 Å². The molecule has 0 bridgehead atoms. The van der Waals surface area contributed by atoms with Crippen molar-refractivity contribution in [1.29, 1.82) is 0 Å². The van der Waals surface area contributed by atoms with E-state index in [1.165, 1.54) is 0 Å². The number of nitrogens with zero attached hydrogens (tertiary/aromatic N) is 2. The highest BCUT2D eigenvalue weighted by molar-refractivity contribution is 6.14. The third-order valence-corrected chi connectivity index (χ3v) is 2.99. The topological polar surface area (TPSA) is 37.9 Å². The highest BCUT2D eigenvalue weighted by atomic mass is 16.3. The zero-order valence-electron chi connectivity index (χ0n) is 10.1. The lowest BCUT2D eigenvalue weighted by Crippen LogP contribution is -1.75. The Kier molecular flexibility index (Phi) is 2.45. The molecule has 3 rings (SSSR count). The van der Waals surface area contributed by atoms with E-state index in [-0.39, 0.29) is 0 Å². The fraction of sp³-hybridized carbons (Fsp3) is 0.0667. The summed E-state index contributed by atoms with van der Waals surface area (Å²) >= 11 is 0. The van der Waals surface area contributed by atoms with Crippen LogP contribution in [-0.4, -0.2) is 20.0 Å². The summed E-state index contributed by atoms with van der Waals surface area (Å²) in [5.41, 5.74) is 1.57. The van der Waals surface area contributed by atoms with Crippen molar-refractivity contribution >= 4 is 40.4 Å². The van der Waals surface area contributed by atoms with Crippen LogP contribution >= 0.6 is 0 Å². The Morgan fingerprint density at radius 2 is 2.00 bits per heavy atom. The number of fused-ring (bicyclic) bond motifs is 3. The largest absolute Gasteiger partial charge is 0.453 e. The molecule has 0 amide bonds. The van der Waals surface area contributed by atoms with Gasteiger partial charge in [0.25, 0.3) is 0 Å². The lowest BCUT2D eigenvalue weighted by Gasteiger charge is -1.98. The predicted molar refractivity (Wildman–Crippen MR) is 76.4 cm³/mol. The second kappa shape index (κ2) is 4.11. The Hall–Kier alpha value is -2.42. The van der Waals surface area contributed by atoms with E-state index in [1.54, 1.807) is 13.3 Å². The van der Waals surface area contributed by atoms with Crippen molar-refractivity contribution in [3.05, 3.63) is 42.2 Å². The van der Waals surface area contributed by atoms with Crippen molar-refractivity contribution in [3.8, 4) is 0 Å². The first-order valence-electron chi connectivity index (χ1n) is 5.68. The Morgan fingerprint density at radius 1 is 1.17 bits per heavy atom. The highest BCUT2D eigenvalue weighted by Gasteiger charge is 2.13. The van der Waals surface area contributed by atoms with Crippen molar-refractivity contribution in [2.45, 2.75) is 0 Å².